The summed E-state index contributed by atoms with van der Waals surface area (Å²) in [6, 6.07) is 46.4. The first-order valence-corrected chi connectivity index (χ1v) is 14.1. The third kappa shape index (κ3) is 5.92. The summed E-state index contributed by atoms with van der Waals surface area (Å²) in [5.41, 5.74) is 12.5. The van der Waals surface area contributed by atoms with Crippen LogP contribution in [0.15, 0.2) is 150 Å². The van der Waals surface area contributed by atoms with Crippen molar-refractivity contribution < 1.29 is 0 Å². The Morgan fingerprint density at radius 1 is 0.561 bits per heavy atom. The van der Waals surface area contributed by atoms with Gasteiger partial charge in [-0.05, 0) is 70.4 Å². The number of nitrogens with zero attached hydrogens (tertiary/aromatic N) is 2. The predicted molar refractivity (Wildman–Crippen MR) is 174 cm³/mol. The molecule has 198 valence electrons. The lowest BCUT2D eigenvalue weighted by Gasteiger charge is -2.12. The summed E-state index contributed by atoms with van der Waals surface area (Å²) in [7, 11) is 0. The number of benzene rings is 5. The van der Waals surface area contributed by atoms with Crippen molar-refractivity contribution in [2.45, 2.75) is 19.8 Å². The molecule has 41 heavy (non-hydrogen) atoms. The van der Waals surface area contributed by atoms with Gasteiger partial charge in [0.2, 0.25) is 0 Å². The smallest absolute Gasteiger partial charge is 0.160 e. The fourth-order valence-corrected chi connectivity index (χ4v) is 5.35. The van der Waals surface area contributed by atoms with Gasteiger partial charge >= 0.3 is 0 Å². The molecular formula is C39H32N2. The zero-order valence-corrected chi connectivity index (χ0v) is 23.3. The van der Waals surface area contributed by atoms with E-state index in [0.29, 0.717) is 11.5 Å². The Bertz CT molecular complexity index is 1720. The van der Waals surface area contributed by atoms with Crippen molar-refractivity contribution >= 4 is 28.9 Å². The molecule has 2 nitrogen and oxygen atoms in total. The van der Waals surface area contributed by atoms with Gasteiger partial charge < -0.3 is 0 Å². The van der Waals surface area contributed by atoms with Crippen molar-refractivity contribution in [3.05, 3.63) is 185 Å². The van der Waals surface area contributed by atoms with Gasteiger partial charge in [-0.15, -0.1) is 0 Å². The molecule has 0 spiro atoms. The highest BCUT2D eigenvalue weighted by molar-refractivity contribution is 6.12. The number of hydrogen-bond acceptors (Lipinski definition) is 1. The molecule has 1 aliphatic rings. The number of hydrogen-bond donors (Lipinski definition) is 0. The van der Waals surface area contributed by atoms with Gasteiger partial charge in [-0.2, -0.15) is 0 Å². The molecule has 0 heterocycles. The van der Waals surface area contributed by atoms with Crippen molar-refractivity contribution in [2.24, 2.45) is 9.98 Å². The van der Waals surface area contributed by atoms with E-state index in [1.807, 2.05) is 67.6 Å². The van der Waals surface area contributed by atoms with Gasteiger partial charge in [0.25, 0.3) is 0 Å². The predicted octanol–water partition coefficient (Wildman–Crippen LogP) is 9.30. The second kappa shape index (κ2) is 12.0. The van der Waals surface area contributed by atoms with E-state index in [1.54, 1.807) is 0 Å². The Hall–Kier alpha value is -5.08. The van der Waals surface area contributed by atoms with E-state index >= 15 is 0 Å². The second-order valence-corrected chi connectivity index (χ2v) is 10.3. The molecule has 0 atom stereocenters. The van der Waals surface area contributed by atoms with Crippen LogP contribution in [0.5, 0.6) is 0 Å². The van der Waals surface area contributed by atoms with Crippen LogP contribution in [-0.4, -0.2) is 11.5 Å². The van der Waals surface area contributed by atoms with Crippen molar-refractivity contribution in [1.29, 1.82) is 0 Å². The van der Waals surface area contributed by atoms with E-state index in [4.69, 9.17) is 9.98 Å². The van der Waals surface area contributed by atoms with Gasteiger partial charge in [0.15, 0.2) is 5.84 Å². The number of rotatable bonds is 5. The topological polar surface area (TPSA) is 24.7 Å². The first kappa shape index (κ1) is 26.2. The molecule has 0 N–H and O–H groups in total. The standard InChI is InChI=1S/C39H32N2/c1-28(31-13-5-3-6-14-31)40-39(35-17-7-4-8-18-35)41-29(2)32-23-21-30(22-24-32)27-38-36-19-11-9-15-33(36)25-26-34-16-10-12-20-37(34)38/h3-24,27H,1,25-26H2,2H3/b40-39-,41-29+. The van der Waals surface area contributed by atoms with Gasteiger partial charge in [0.1, 0.15) is 0 Å². The fraction of sp³-hybridized carbons (Fsp3) is 0.0769. The van der Waals surface area contributed by atoms with Crippen LogP contribution in [0.1, 0.15) is 51.4 Å². The first-order valence-electron chi connectivity index (χ1n) is 14.1. The van der Waals surface area contributed by atoms with Crippen LogP contribution in [0.2, 0.25) is 0 Å². The molecule has 5 aromatic carbocycles. The Morgan fingerprint density at radius 2 is 1.07 bits per heavy atom. The Balaban J connectivity index is 1.34. The zero-order chi connectivity index (χ0) is 28.0. The van der Waals surface area contributed by atoms with Gasteiger partial charge in [-0.3, -0.25) is 0 Å². The maximum absolute atomic E-state index is 4.99. The monoisotopic (exact) mass is 528 g/mol. The van der Waals surface area contributed by atoms with Crippen molar-refractivity contribution in [3.63, 3.8) is 0 Å². The fourth-order valence-electron chi connectivity index (χ4n) is 5.35. The van der Waals surface area contributed by atoms with Crippen LogP contribution < -0.4 is 0 Å². The Kier molecular flexibility index (Phi) is 7.64. The quantitative estimate of drug-likeness (QED) is 0.160. The van der Waals surface area contributed by atoms with Crippen molar-refractivity contribution in [3.8, 4) is 0 Å². The lowest BCUT2D eigenvalue weighted by molar-refractivity contribution is 0.965. The third-order valence-electron chi connectivity index (χ3n) is 7.57. The average Bonchev–Trinajstić information content (AvgIpc) is 3.19. The molecule has 0 unspecified atom stereocenters. The molecule has 0 aromatic heterocycles. The normalized spacial score (nSPS) is 13.1. The molecule has 6 rings (SSSR count). The second-order valence-electron chi connectivity index (χ2n) is 10.3. The highest BCUT2D eigenvalue weighted by atomic mass is 14.9. The molecule has 0 saturated heterocycles. The SMILES string of the molecule is C=C(/N=C(\N=C(/C)c1ccc(C=C2c3ccccc3CCc3ccccc32)cc1)c1ccccc1)c1ccccc1. The molecular weight excluding hydrogens is 496 g/mol. The molecule has 1 aliphatic carbocycles. The molecule has 0 radical (unpaired) electrons. The van der Waals surface area contributed by atoms with Crippen LogP contribution in [0.25, 0.3) is 17.3 Å². The van der Waals surface area contributed by atoms with Crippen LogP contribution >= 0.6 is 0 Å². The minimum atomic E-state index is 0.648. The highest BCUT2D eigenvalue weighted by Gasteiger charge is 2.17. The number of amidine groups is 1. The summed E-state index contributed by atoms with van der Waals surface area (Å²) < 4.78 is 0. The van der Waals surface area contributed by atoms with Gasteiger partial charge in [0.05, 0.1) is 5.70 Å². The molecule has 2 heteroatoms. The van der Waals surface area contributed by atoms with E-state index < -0.39 is 0 Å². The summed E-state index contributed by atoms with van der Waals surface area (Å²) in [6.07, 6.45) is 4.43. The van der Waals surface area contributed by atoms with Crippen LogP contribution in [-0.2, 0) is 12.8 Å². The summed E-state index contributed by atoms with van der Waals surface area (Å²) >= 11 is 0. The van der Waals surface area contributed by atoms with E-state index in [1.165, 1.54) is 27.8 Å². The summed E-state index contributed by atoms with van der Waals surface area (Å²) in [5.74, 6) is 0.648. The molecule has 5 aromatic rings. The molecule has 0 amide bonds. The van der Waals surface area contributed by atoms with Gasteiger partial charge in [-0.25, -0.2) is 9.98 Å². The number of aryl methyl sites for hydroxylation is 2. The summed E-state index contributed by atoms with van der Waals surface area (Å²) in [5, 5.41) is 0. The lowest BCUT2D eigenvalue weighted by atomic mass is 9.92. The summed E-state index contributed by atoms with van der Waals surface area (Å²) in [4.78, 5) is 9.84. The molecule has 0 aliphatic heterocycles. The number of fused-ring (bicyclic) bond motifs is 2. The highest BCUT2D eigenvalue weighted by Crippen LogP contribution is 2.35. The number of aliphatic imine (C=N–C) groups is 2. The lowest BCUT2D eigenvalue weighted by Crippen LogP contribution is -2.04. The minimum absolute atomic E-state index is 0.648. The van der Waals surface area contributed by atoms with E-state index in [0.717, 1.165) is 40.8 Å². The van der Waals surface area contributed by atoms with Gasteiger partial charge in [-0.1, -0.05) is 140 Å². The molecule has 0 fully saturated rings. The maximum Gasteiger partial charge on any atom is 0.160 e. The molecule has 0 saturated carbocycles. The maximum atomic E-state index is 4.99. The third-order valence-corrected chi connectivity index (χ3v) is 7.57. The average molecular weight is 529 g/mol. The van der Waals surface area contributed by atoms with Crippen LogP contribution in [0.3, 0.4) is 0 Å². The van der Waals surface area contributed by atoms with E-state index in [9.17, 15) is 0 Å². The van der Waals surface area contributed by atoms with Crippen LogP contribution in [0.4, 0.5) is 0 Å². The van der Waals surface area contributed by atoms with Gasteiger partial charge in [0, 0.05) is 11.3 Å². The Labute approximate surface area is 242 Å². The van der Waals surface area contributed by atoms with E-state index in [2.05, 4.69) is 85.5 Å². The molecule has 0 bridgehead atoms. The Morgan fingerprint density at radius 3 is 1.66 bits per heavy atom. The first-order chi connectivity index (χ1) is 20.2. The van der Waals surface area contributed by atoms with Crippen LogP contribution in [0, 0.1) is 0 Å². The largest absolute Gasteiger partial charge is 0.233 e. The minimum Gasteiger partial charge on any atom is -0.233 e. The van der Waals surface area contributed by atoms with E-state index in [-0.39, 0.29) is 0 Å². The summed E-state index contributed by atoms with van der Waals surface area (Å²) in [6.45, 7) is 6.25. The van der Waals surface area contributed by atoms with Crippen molar-refractivity contribution in [2.75, 3.05) is 0 Å². The zero-order valence-electron chi connectivity index (χ0n) is 23.3. The van der Waals surface area contributed by atoms with Crippen molar-refractivity contribution in [1.82, 2.24) is 0 Å².